The van der Waals surface area contributed by atoms with Gasteiger partial charge in [-0.3, -0.25) is 4.79 Å². The van der Waals surface area contributed by atoms with E-state index < -0.39 is 0 Å². The van der Waals surface area contributed by atoms with E-state index in [2.05, 4.69) is 70.6 Å². The van der Waals surface area contributed by atoms with Crippen LogP contribution >= 0.6 is 0 Å². The van der Waals surface area contributed by atoms with Gasteiger partial charge in [-0.2, -0.15) is 0 Å². The highest BCUT2D eigenvalue weighted by Gasteiger charge is 2.47. The molecule has 0 unspecified atom stereocenters. The van der Waals surface area contributed by atoms with Crippen LogP contribution in [0.5, 0.6) is 0 Å². The van der Waals surface area contributed by atoms with Gasteiger partial charge in [-0.25, -0.2) is 10.0 Å². The molecule has 1 N–H and O–H groups in total. The first-order valence-electron chi connectivity index (χ1n) is 12.6. The van der Waals surface area contributed by atoms with Crippen LogP contribution in [-0.4, -0.2) is 24.6 Å². The van der Waals surface area contributed by atoms with Crippen molar-refractivity contribution in [1.29, 1.82) is 0 Å². The predicted octanol–water partition coefficient (Wildman–Crippen LogP) is 4.51. The predicted molar refractivity (Wildman–Crippen MR) is 130 cm³/mol. The van der Waals surface area contributed by atoms with Crippen molar-refractivity contribution in [2.24, 2.45) is 0 Å². The van der Waals surface area contributed by atoms with E-state index in [1.807, 2.05) is 0 Å². The van der Waals surface area contributed by atoms with Gasteiger partial charge in [0.25, 0.3) is 5.91 Å². The molecule has 1 amide bonds. The first kappa shape index (κ1) is 29.9. The topological polar surface area (TPSA) is 29.1 Å². The van der Waals surface area contributed by atoms with Gasteiger partial charge in [0.2, 0.25) is 0 Å². The Morgan fingerprint density at radius 2 is 1.26 bits per heavy atom. The molecule has 0 fully saturated rings. The van der Waals surface area contributed by atoms with Crippen LogP contribution in [0, 0.1) is 0 Å². The third-order valence-corrected chi connectivity index (χ3v) is 6.62. The Labute approximate surface area is 199 Å². The van der Waals surface area contributed by atoms with Crippen LogP contribution in [0.4, 0.5) is 0 Å². The summed E-state index contributed by atoms with van der Waals surface area (Å²) in [4.78, 5) is 12.8. The van der Waals surface area contributed by atoms with Gasteiger partial charge in [-0.05, 0) is 19.3 Å². The van der Waals surface area contributed by atoms with E-state index >= 15 is 0 Å². The number of quaternary nitrogens is 1. The molecule has 0 spiro atoms. The summed E-state index contributed by atoms with van der Waals surface area (Å²) in [6.45, 7) is 6.76. The van der Waals surface area contributed by atoms with E-state index in [-0.39, 0.29) is 23.9 Å². The van der Waals surface area contributed by atoms with Crippen molar-refractivity contribution in [3.63, 3.8) is 0 Å². The highest BCUT2D eigenvalue weighted by atomic mass is 35.5. The second-order valence-electron chi connectivity index (χ2n) is 9.46. The van der Waals surface area contributed by atoms with Gasteiger partial charge >= 0.3 is 0 Å². The second kappa shape index (κ2) is 16.6. The molecule has 0 aliphatic heterocycles. The Hall–Kier alpha value is -1.06. The largest absolute Gasteiger partial charge is 1.00 e. The molecule has 0 aliphatic rings. The standard InChI is InChI=1S/C27H48N2O.ClH/c1-6-9-10-11-12-13-14-15-19-22-26(30)28-29(4,5)27(23-7-2,24-8-3)25-20-17-16-18-21-25;/h16-18,20-21H,6-15,19,22-24H2,1-5H3;1H. The molecule has 0 bridgehead atoms. The number of hydrogen-bond donors (Lipinski definition) is 1. The molecular weight excluding hydrogens is 404 g/mol. The zero-order valence-electron chi connectivity index (χ0n) is 21.0. The van der Waals surface area contributed by atoms with E-state index in [0.29, 0.717) is 11.0 Å². The molecule has 0 atom stereocenters. The number of halogens is 1. The van der Waals surface area contributed by atoms with Gasteiger partial charge in [-0.15, -0.1) is 0 Å². The van der Waals surface area contributed by atoms with Crippen molar-refractivity contribution in [3.8, 4) is 0 Å². The van der Waals surface area contributed by atoms with Crippen LogP contribution in [0.25, 0.3) is 0 Å². The maximum Gasteiger partial charge on any atom is 0.264 e. The summed E-state index contributed by atoms with van der Waals surface area (Å²) in [5.74, 6) is 0.190. The van der Waals surface area contributed by atoms with E-state index in [4.69, 9.17) is 0 Å². The average molecular weight is 453 g/mol. The minimum atomic E-state index is -0.0844. The van der Waals surface area contributed by atoms with Gasteiger partial charge in [0.1, 0.15) is 5.54 Å². The number of hydrogen-bond acceptors (Lipinski definition) is 1. The molecule has 3 nitrogen and oxygen atoms in total. The fourth-order valence-corrected chi connectivity index (χ4v) is 4.94. The molecule has 0 heterocycles. The number of carbonyl (C=O) groups is 1. The van der Waals surface area contributed by atoms with E-state index in [9.17, 15) is 4.79 Å². The highest BCUT2D eigenvalue weighted by molar-refractivity contribution is 5.74. The van der Waals surface area contributed by atoms with Crippen molar-refractivity contribution in [1.82, 2.24) is 5.43 Å². The SMILES string of the molecule is CCCCCCCCCCCC(=O)N[N+](C)(C)C(CCC)(CCC)c1ccccc1.[Cl-]. The molecule has 0 saturated carbocycles. The maximum absolute atomic E-state index is 12.8. The van der Waals surface area contributed by atoms with Crippen molar-refractivity contribution < 1.29 is 21.8 Å². The number of carbonyl (C=O) groups excluding carboxylic acids is 1. The number of rotatable bonds is 17. The molecule has 180 valence electrons. The van der Waals surface area contributed by atoms with Crippen LogP contribution in [0.15, 0.2) is 30.3 Å². The number of unbranched alkanes of at least 4 members (excludes halogenated alkanes) is 8. The Balaban J connectivity index is 0.00000900. The lowest BCUT2D eigenvalue weighted by Gasteiger charge is -2.48. The lowest BCUT2D eigenvalue weighted by atomic mass is 9.79. The lowest BCUT2D eigenvalue weighted by molar-refractivity contribution is -0.983. The smallest absolute Gasteiger partial charge is 0.264 e. The molecule has 0 aliphatic carbocycles. The number of amides is 1. The van der Waals surface area contributed by atoms with Gasteiger partial charge in [0.15, 0.2) is 0 Å². The van der Waals surface area contributed by atoms with Crippen LogP contribution in [-0.2, 0) is 10.3 Å². The van der Waals surface area contributed by atoms with Crippen molar-refractivity contribution >= 4 is 5.91 Å². The van der Waals surface area contributed by atoms with Gasteiger partial charge in [0, 0.05) is 24.8 Å². The van der Waals surface area contributed by atoms with Crippen LogP contribution in [0.1, 0.15) is 116 Å². The number of nitrogens with one attached hydrogen (secondary N) is 1. The summed E-state index contributed by atoms with van der Waals surface area (Å²) in [7, 11) is 4.35. The highest BCUT2D eigenvalue weighted by Crippen LogP contribution is 2.40. The fourth-order valence-electron chi connectivity index (χ4n) is 4.94. The Morgan fingerprint density at radius 1 is 0.774 bits per heavy atom. The first-order valence-corrected chi connectivity index (χ1v) is 12.6. The second-order valence-corrected chi connectivity index (χ2v) is 9.46. The van der Waals surface area contributed by atoms with Gasteiger partial charge < -0.3 is 12.4 Å². The minimum Gasteiger partial charge on any atom is -1.00 e. The van der Waals surface area contributed by atoms with Crippen LogP contribution < -0.4 is 17.8 Å². The Bertz CT molecular complexity index is 568. The Kier molecular flexibility index (Phi) is 16.0. The monoisotopic (exact) mass is 452 g/mol. The third kappa shape index (κ3) is 9.95. The minimum absolute atomic E-state index is 0. The molecule has 0 saturated heterocycles. The third-order valence-electron chi connectivity index (χ3n) is 6.62. The summed E-state index contributed by atoms with van der Waals surface area (Å²) in [5.41, 5.74) is 4.64. The Morgan fingerprint density at radius 3 is 1.74 bits per heavy atom. The average Bonchev–Trinajstić information content (AvgIpc) is 2.72. The quantitative estimate of drug-likeness (QED) is 0.210. The summed E-state index contributed by atoms with van der Waals surface area (Å²) in [5, 5.41) is 0. The van der Waals surface area contributed by atoms with Crippen LogP contribution in [0.3, 0.4) is 0 Å². The molecule has 1 aromatic rings. The summed E-state index contributed by atoms with van der Waals surface area (Å²) in [6.07, 6.45) is 16.5. The summed E-state index contributed by atoms with van der Waals surface area (Å²) >= 11 is 0. The maximum atomic E-state index is 12.8. The van der Waals surface area contributed by atoms with Crippen molar-refractivity contribution in [3.05, 3.63) is 35.9 Å². The van der Waals surface area contributed by atoms with Crippen LogP contribution in [0.2, 0.25) is 0 Å². The van der Waals surface area contributed by atoms with Gasteiger partial charge in [-0.1, -0.05) is 102 Å². The van der Waals surface area contributed by atoms with E-state index in [0.717, 1.165) is 32.1 Å². The summed E-state index contributed by atoms with van der Waals surface area (Å²) < 4.78 is 0.523. The normalized spacial score (nSPS) is 11.8. The zero-order valence-corrected chi connectivity index (χ0v) is 21.8. The molecule has 0 aromatic heterocycles. The zero-order chi connectivity index (χ0) is 22.3. The molecule has 1 rings (SSSR count). The molecule has 1 aromatic carbocycles. The van der Waals surface area contributed by atoms with E-state index in [1.165, 1.54) is 56.9 Å². The van der Waals surface area contributed by atoms with E-state index in [1.54, 1.807) is 0 Å². The molecule has 4 heteroatoms. The molecular formula is C27H49ClN2O. The van der Waals surface area contributed by atoms with Crippen molar-refractivity contribution in [2.75, 3.05) is 14.1 Å². The fraction of sp³-hybridized carbons (Fsp3) is 0.741. The molecule has 0 radical (unpaired) electrons. The lowest BCUT2D eigenvalue weighted by Crippen LogP contribution is -3.00. The number of benzene rings is 1. The first-order chi connectivity index (χ1) is 14.4. The van der Waals surface area contributed by atoms with Crippen molar-refractivity contribution in [2.45, 2.75) is 116 Å². The van der Waals surface area contributed by atoms with Gasteiger partial charge in [0.05, 0.1) is 14.1 Å². The summed E-state index contributed by atoms with van der Waals surface area (Å²) in [6, 6.07) is 10.8. The molecule has 31 heavy (non-hydrogen) atoms. The number of nitrogens with zero attached hydrogens (tertiary/aromatic N) is 1.